The van der Waals surface area contributed by atoms with E-state index in [0.29, 0.717) is 28.3 Å². The number of nitrogens with zero attached hydrogens (tertiary/aromatic N) is 2. The summed E-state index contributed by atoms with van der Waals surface area (Å²) < 4.78 is 10.5. The minimum atomic E-state index is -1.09. The molecule has 0 atom stereocenters. The number of hydrogen-bond donors (Lipinski definition) is 1. The number of carboxylic acid groups (broad SMARTS) is 1. The highest BCUT2D eigenvalue weighted by molar-refractivity contribution is 5.89. The van der Waals surface area contributed by atoms with Gasteiger partial charge in [-0.25, -0.2) is 4.79 Å². The van der Waals surface area contributed by atoms with Gasteiger partial charge in [0.15, 0.2) is 0 Å². The van der Waals surface area contributed by atoms with Crippen LogP contribution in [0.25, 0.3) is 11.3 Å². The predicted octanol–water partition coefficient (Wildman–Crippen LogP) is 2.34. The molecule has 0 unspecified atom stereocenters. The molecular weight excluding hydrogens is 272 g/mol. The first-order chi connectivity index (χ1) is 10.1. The molecule has 0 aliphatic heterocycles. The third-order valence-electron chi connectivity index (χ3n) is 2.90. The number of methoxy groups -OCH3 is 2. The summed E-state index contributed by atoms with van der Waals surface area (Å²) in [6.45, 7) is 0. The smallest absolute Gasteiger partial charge is 0.337 e. The summed E-state index contributed by atoms with van der Waals surface area (Å²) in [5.74, 6) is -0.281. The Bertz CT molecular complexity index is 735. The summed E-state index contributed by atoms with van der Waals surface area (Å²) in [6.07, 6.45) is 1.23. The van der Waals surface area contributed by atoms with Gasteiger partial charge in [-0.15, -0.1) is 0 Å². The molecule has 0 radical (unpaired) electrons. The molecule has 0 bridgehead atoms. The van der Waals surface area contributed by atoms with Crippen molar-refractivity contribution in [2.24, 2.45) is 0 Å². The van der Waals surface area contributed by atoms with Crippen molar-refractivity contribution in [3.63, 3.8) is 0 Å². The largest absolute Gasteiger partial charge is 0.496 e. The summed E-state index contributed by atoms with van der Waals surface area (Å²) in [5.41, 5.74) is 1.43. The maximum absolute atomic E-state index is 11.0. The molecule has 1 aromatic carbocycles. The second-order valence-corrected chi connectivity index (χ2v) is 4.11. The van der Waals surface area contributed by atoms with Crippen molar-refractivity contribution in [3.8, 4) is 28.8 Å². The second-order valence-electron chi connectivity index (χ2n) is 4.11. The van der Waals surface area contributed by atoms with Gasteiger partial charge in [0.1, 0.15) is 17.2 Å². The molecule has 6 nitrogen and oxygen atoms in total. The van der Waals surface area contributed by atoms with Crippen LogP contribution in [0.15, 0.2) is 30.5 Å². The number of ether oxygens (including phenoxy) is 2. The van der Waals surface area contributed by atoms with E-state index in [1.165, 1.54) is 26.5 Å². The summed E-state index contributed by atoms with van der Waals surface area (Å²) >= 11 is 0. The Labute approximate surface area is 121 Å². The van der Waals surface area contributed by atoms with Gasteiger partial charge in [0.05, 0.1) is 31.4 Å². The summed E-state index contributed by atoms with van der Waals surface area (Å²) in [5, 5.41) is 18.0. The van der Waals surface area contributed by atoms with Gasteiger partial charge in [0, 0.05) is 11.8 Å². The van der Waals surface area contributed by atoms with Gasteiger partial charge in [0.25, 0.3) is 0 Å². The highest BCUT2D eigenvalue weighted by Crippen LogP contribution is 2.35. The van der Waals surface area contributed by atoms with E-state index in [2.05, 4.69) is 4.98 Å². The minimum absolute atomic E-state index is 0.0194. The molecular formula is C15H12N2O4. The molecule has 0 aliphatic rings. The molecule has 1 aromatic heterocycles. The monoisotopic (exact) mass is 284 g/mol. The molecule has 21 heavy (non-hydrogen) atoms. The van der Waals surface area contributed by atoms with Crippen LogP contribution in [0.4, 0.5) is 0 Å². The predicted molar refractivity (Wildman–Crippen MR) is 74.5 cm³/mol. The van der Waals surface area contributed by atoms with Gasteiger partial charge in [-0.05, 0) is 24.3 Å². The van der Waals surface area contributed by atoms with E-state index in [1.54, 1.807) is 18.2 Å². The van der Waals surface area contributed by atoms with Crippen LogP contribution < -0.4 is 9.47 Å². The molecule has 0 saturated heterocycles. The maximum Gasteiger partial charge on any atom is 0.337 e. The molecule has 1 N–H and O–H groups in total. The zero-order chi connectivity index (χ0) is 15.4. The van der Waals surface area contributed by atoms with Crippen molar-refractivity contribution < 1.29 is 19.4 Å². The number of nitriles is 1. The van der Waals surface area contributed by atoms with Crippen molar-refractivity contribution in [1.82, 2.24) is 4.98 Å². The van der Waals surface area contributed by atoms with Crippen molar-refractivity contribution >= 4 is 5.97 Å². The minimum Gasteiger partial charge on any atom is -0.496 e. The van der Waals surface area contributed by atoms with Crippen LogP contribution in [0.3, 0.4) is 0 Å². The quantitative estimate of drug-likeness (QED) is 0.926. The van der Waals surface area contributed by atoms with Gasteiger partial charge in [0.2, 0.25) is 0 Å². The Hall–Kier alpha value is -3.07. The summed E-state index contributed by atoms with van der Waals surface area (Å²) in [4.78, 5) is 15.1. The zero-order valence-corrected chi connectivity index (χ0v) is 11.5. The van der Waals surface area contributed by atoms with Gasteiger partial charge in [-0.1, -0.05) is 0 Å². The van der Waals surface area contributed by atoms with E-state index in [4.69, 9.17) is 19.8 Å². The average molecular weight is 284 g/mol. The van der Waals surface area contributed by atoms with Crippen LogP contribution in [0.2, 0.25) is 0 Å². The fourth-order valence-electron chi connectivity index (χ4n) is 1.88. The highest BCUT2D eigenvalue weighted by atomic mass is 16.5. The lowest BCUT2D eigenvalue weighted by atomic mass is 10.0. The van der Waals surface area contributed by atoms with Crippen molar-refractivity contribution in [3.05, 3.63) is 41.6 Å². The molecule has 0 spiro atoms. The van der Waals surface area contributed by atoms with E-state index in [0.717, 1.165) is 0 Å². The molecule has 0 saturated carbocycles. The number of carbonyl (C=O) groups is 1. The normalized spacial score (nSPS) is 9.76. The van der Waals surface area contributed by atoms with Gasteiger partial charge in [-0.2, -0.15) is 5.26 Å². The lowest BCUT2D eigenvalue weighted by Crippen LogP contribution is -2.01. The number of aromatic nitrogens is 1. The second kappa shape index (κ2) is 5.92. The number of pyridine rings is 1. The first-order valence-electron chi connectivity index (χ1n) is 5.96. The number of carboxylic acids is 1. The molecule has 0 amide bonds. The third kappa shape index (κ3) is 2.77. The molecule has 0 fully saturated rings. The molecule has 2 rings (SSSR count). The van der Waals surface area contributed by atoms with Gasteiger partial charge in [-0.3, -0.25) is 4.98 Å². The highest BCUT2D eigenvalue weighted by Gasteiger charge is 2.16. The van der Waals surface area contributed by atoms with Crippen molar-refractivity contribution in [2.75, 3.05) is 14.2 Å². The van der Waals surface area contributed by atoms with Crippen LogP contribution in [0, 0.1) is 11.3 Å². The molecule has 1 heterocycles. The van der Waals surface area contributed by atoms with Crippen LogP contribution in [0.5, 0.6) is 11.5 Å². The standard InChI is InChI=1S/C15H12N2O4/c1-20-12-4-3-9(7-16)5-11(12)14-13(21-2)6-10(8-17-14)15(18)19/h3-6,8H,1-2H3,(H,18,19). The van der Waals surface area contributed by atoms with Crippen LogP contribution in [-0.2, 0) is 0 Å². The first kappa shape index (κ1) is 14.3. The number of benzene rings is 1. The maximum atomic E-state index is 11.0. The van der Waals surface area contributed by atoms with Gasteiger partial charge < -0.3 is 14.6 Å². The lowest BCUT2D eigenvalue weighted by molar-refractivity contribution is 0.0696. The number of aromatic carboxylic acids is 1. The Kier molecular flexibility index (Phi) is 4.05. The Morgan fingerprint density at radius 2 is 1.95 bits per heavy atom. The third-order valence-corrected chi connectivity index (χ3v) is 2.90. The fourth-order valence-corrected chi connectivity index (χ4v) is 1.88. The lowest BCUT2D eigenvalue weighted by Gasteiger charge is -2.12. The van der Waals surface area contributed by atoms with Crippen molar-refractivity contribution in [1.29, 1.82) is 5.26 Å². The summed E-state index contributed by atoms with van der Waals surface area (Å²) in [7, 11) is 2.93. The Morgan fingerprint density at radius 3 is 2.52 bits per heavy atom. The van der Waals surface area contributed by atoms with E-state index in [9.17, 15) is 4.79 Å². The number of hydrogen-bond acceptors (Lipinski definition) is 5. The molecule has 2 aromatic rings. The Balaban J connectivity index is 2.66. The molecule has 0 aliphatic carbocycles. The van der Waals surface area contributed by atoms with Crippen LogP contribution >= 0.6 is 0 Å². The average Bonchev–Trinajstić information content (AvgIpc) is 2.53. The SMILES string of the molecule is COc1ccc(C#N)cc1-c1ncc(C(=O)O)cc1OC. The van der Waals surface area contributed by atoms with E-state index in [-0.39, 0.29) is 5.56 Å². The number of rotatable bonds is 4. The van der Waals surface area contributed by atoms with E-state index >= 15 is 0 Å². The van der Waals surface area contributed by atoms with Crippen molar-refractivity contribution in [2.45, 2.75) is 0 Å². The summed E-state index contributed by atoms with van der Waals surface area (Å²) in [6, 6.07) is 8.31. The van der Waals surface area contributed by atoms with Crippen LogP contribution in [-0.4, -0.2) is 30.3 Å². The Morgan fingerprint density at radius 1 is 1.24 bits per heavy atom. The van der Waals surface area contributed by atoms with Crippen LogP contribution in [0.1, 0.15) is 15.9 Å². The fraction of sp³-hybridized carbons (Fsp3) is 0.133. The van der Waals surface area contributed by atoms with Gasteiger partial charge >= 0.3 is 5.97 Å². The first-order valence-corrected chi connectivity index (χ1v) is 5.96. The zero-order valence-electron chi connectivity index (χ0n) is 11.5. The van der Waals surface area contributed by atoms with E-state index < -0.39 is 5.97 Å². The topological polar surface area (TPSA) is 92.4 Å². The van der Waals surface area contributed by atoms with E-state index in [1.807, 2.05) is 6.07 Å². The molecule has 106 valence electrons. The molecule has 6 heteroatoms.